The van der Waals surface area contributed by atoms with Crippen molar-refractivity contribution in [2.24, 2.45) is 5.41 Å². The Hall–Kier alpha value is -3.41. The van der Waals surface area contributed by atoms with Crippen molar-refractivity contribution in [3.05, 3.63) is 78.2 Å². The molecule has 1 unspecified atom stereocenters. The van der Waals surface area contributed by atoms with E-state index in [1.54, 1.807) is 0 Å². The van der Waals surface area contributed by atoms with E-state index in [-0.39, 0.29) is 17.4 Å². The molecule has 0 aliphatic carbocycles. The number of aromatic nitrogens is 2. The zero-order chi connectivity index (χ0) is 24.0. The lowest BCUT2D eigenvalue weighted by atomic mass is 9.74. The molecule has 3 aromatic rings. The number of nitrogens with zero attached hydrogens (tertiary/aromatic N) is 2. The molecule has 174 valence electrons. The Kier molecular flexibility index (Phi) is 7.69. The highest BCUT2D eigenvalue weighted by Crippen LogP contribution is 2.40. The van der Waals surface area contributed by atoms with Crippen LogP contribution in [-0.2, 0) is 16.1 Å². The molecule has 1 aromatic heterocycles. The van der Waals surface area contributed by atoms with Crippen molar-refractivity contribution in [1.29, 1.82) is 0 Å². The normalized spacial score (nSPS) is 13.3. The standard InChI is InChI=1S/C27H33N3O3/c1-5-12-21(29-25(31)26(32)33)23(27(2,3)4)24-28-22(20-15-10-7-11-16-20)18-30(24)17-19-13-8-6-9-14-19/h6-11,13-16,18,21,23H,5,12,17H2,1-4H3,(H,29,31)(H,32,33)/t21?,23-/m1/s1. The predicted octanol–water partition coefficient (Wildman–Crippen LogP) is 5.10. The van der Waals surface area contributed by atoms with Crippen molar-refractivity contribution < 1.29 is 14.7 Å². The molecular formula is C27H33N3O3. The summed E-state index contributed by atoms with van der Waals surface area (Å²) in [6.07, 6.45) is 3.51. The van der Waals surface area contributed by atoms with Gasteiger partial charge < -0.3 is 15.0 Å². The number of carboxylic acids is 1. The fourth-order valence-electron chi connectivity index (χ4n) is 4.37. The van der Waals surface area contributed by atoms with Gasteiger partial charge in [0.25, 0.3) is 0 Å². The van der Waals surface area contributed by atoms with Crippen LogP contribution in [0.2, 0.25) is 0 Å². The number of aliphatic carboxylic acids is 1. The van der Waals surface area contributed by atoms with Crippen LogP contribution in [0.25, 0.3) is 11.3 Å². The van der Waals surface area contributed by atoms with Gasteiger partial charge in [0, 0.05) is 30.3 Å². The number of hydrogen-bond acceptors (Lipinski definition) is 3. The molecule has 0 saturated heterocycles. The van der Waals surface area contributed by atoms with E-state index in [2.05, 4.69) is 49.0 Å². The quantitative estimate of drug-likeness (QED) is 0.471. The van der Waals surface area contributed by atoms with Crippen LogP contribution in [-0.4, -0.2) is 32.6 Å². The number of hydrogen-bond donors (Lipinski definition) is 2. The Balaban J connectivity index is 2.13. The number of imidazole rings is 1. The van der Waals surface area contributed by atoms with Crippen LogP contribution in [0.3, 0.4) is 0 Å². The molecule has 2 N–H and O–H groups in total. The fraction of sp³-hybridized carbons (Fsp3) is 0.370. The van der Waals surface area contributed by atoms with Crippen LogP contribution >= 0.6 is 0 Å². The van der Waals surface area contributed by atoms with E-state index in [0.29, 0.717) is 13.0 Å². The molecule has 0 bridgehead atoms. The van der Waals surface area contributed by atoms with Crippen LogP contribution in [0.1, 0.15) is 57.8 Å². The molecule has 2 atom stereocenters. The number of carboxylic acid groups (broad SMARTS) is 1. The molecule has 2 aromatic carbocycles. The zero-order valence-corrected chi connectivity index (χ0v) is 19.8. The lowest BCUT2D eigenvalue weighted by molar-refractivity contribution is -0.150. The SMILES string of the molecule is CCCC(NC(=O)C(=O)O)[C@H](c1nc(-c2ccccc2)cn1Cc1ccccc1)C(C)(C)C. The Morgan fingerprint density at radius 3 is 2.18 bits per heavy atom. The minimum absolute atomic E-state index is 0.193. The molecule has 1 heterocycles. The first kappa shape index (κ1) is 24.2. The second-order valence-corrected chi connectivity index (χ2v) is 9.48. The van der Waals surface area contributed by atoms with Crippen LogP contribution in [0.4, 0.5) is 0 Å². The molecular weight excluding hydrogens is 414 g/mol. The summed E-state index contributed by atoms with van der Waals surface area (Å²) >= 11 is 0. The summed E-state index contributed by atoms with van der Waals surface area (Å²) in [5.41, 5.74) is 2.74. The molecule has 1 amide bonds. The summed E-state index contributed by atoms with van der Waals surface area (Å²) in [4.78, 5) is 28.5. The van der Waals surface area contributed by atoms with Crippen molar-refractivity contribution in [3.63, 3.8) is 0 Å². The second kappa shape index (κ2) is 10.5. The van der Waals surface area contributed by atoms with Crippen LogP contribution < -0.4 is 5.32 Å². The fourth-order valence-corrected chi connectivity index (χ4v) is 4.37. The van der Waals surface area contributed by atoms with E-state index in [9.17, 15) is 14.7 Å². The summed E-state index contributed by atoms with van der Waals surface area (Å²) in [5.74, 6) is -1.80. The molecule has 33 heavy (non-hydrogen) atoms. The van der Waals surface area contributed by atoms with E-state index in [4.69, 9.17) is 4.98 Å². The van der Waals surface area contributed by atoms with E-state index in [1.165, 1.54) is 0 Å². The summed E-state index contributed by atoms with van der Waals surface area (Å²) in [7, 11) is 0. The molecule has 0 radical (unpaired) electrons. The monoisotopic (exact) mass is 447 g/mol. The number of carbonyl (C=O) groups is 2. The number of carbonyl (C=O) groups excluding carboxylic acids is 1. The average molecular weight is 448 g/mol. The number of rotatable bonds is 8. The van der Waals surface area contributed by atoms with Crippen molar-refractivity contribution in [3.8, 4) is 11.3 Å². The van der Waals surface area contributed by atoms with Gasteiger partial charge >= 0.3 is 11.9 Å². The van der Waals surface area contributed by atoms with E-state index >= 15 is 0 Å². The van der Waals surface area contributed by atoms with Gasteiger partial charge in [-0.1, -0.05) is 94.8 Å². The Bertz CT molecular complexity index is 1070. The van der Waals surface area contributed by atoms with Crippen molar-refractivity contribution in [2.75, 3.05) is 0 Å². The van der Waals surface area contributed by atoms with Crippen LogP contribution in [0.15, 0.2) is 66.9 Å². The topological polar surface area (TPSA) is 84.2 Å². The van der Waals surface area contributed by atoms with Crippen molar-refractivity contribution in [1.82, 2.24) is 14.9 Å². The third-order valence-electron chi connectivity index (χ3n) is 5.80. The maximum Gasteiger partial charge on any atom is 0.394 e. The van der Waals surface area contributed by atoms with E-state index < -0.39 is 11.9 Å². The highest BCUT2D eigenvalue weighted by atomic mass is 16.4. The minimum atomic E-state index is -1.47. The number of amides is 1. The maximum atomic E-state index is 12.2. The Morgan fingerprint density at radius 1 is 1.03 bits per heavy atom. The molecule has 6 heteroatoms. The van der Waals surface area contributed by atoms with E-state index in [1.807, 2.05) is 55.5 Å². The number of benzene rings is 2. The average Bonchev–Trinajstić information content (AvgIpc) is 3.17. The van der Waals surface area contributed by atoms with Gasteiger partial charge in [-0.05, 0) is 17.4 Å². The maximum absolute atomic E-state index is 12.2. The summed E-state index contributed by atoms with van der Waals surface area (Å²) in [5, 5.41) is 12.0. The minimum Gasteiger partial charge on any atom is -0.474 e. The van der Waals surface area contributed by atoms with Crippen molar-refractivity contribution >= 4 is 11.9 Å². The molecule has 6 nitrogen and oxygen atoms in total. The summed E-state index contributed by atoms with van der Waals surface area (Å²) < 4.78 is 2.14. The van der Waals surface area contributed by atoms with Gasteiger partial charge in [0.1, 0.15) is 5.82 Å². The molecule has 0 saturated carbocycles. The van der Waals surface area contributed by atoms with Gasteiger partial charge in [0.2, 0.25) is 0 Å². The first-order valence-electron chi connectivity index (χ1n) is 11.4. The lowest BCUT2D eigenvalue weighted by Crippen LogP contribution is -2.46. The third kappa shape index (κ3) is 6.09. The van der Waals surface area contributed by atoms with Crippen molar-refractivity contribution in [2.45, 2.75) is 59.0 Å². The van der Waals surface area contributed by atoms with E-state index in [0.717, 1.165) is 29.1 Å². The first-order valence-corrected chi connectivity index (χ1v) is 11.4. The molecule has 0 aliphatic rings. The predicted molar refractivity (Wildman–Crippen MR) is 130 cm³/mol. The number of nitrogens with one attached hydrogen (secondary N) is 1. The third-order valence-corrected chi connectivity index (χ3v) is 5.80. The molecule has 0 fully saturated rings. The highest BCUT2D eigenvalue weighted by molar-refractivity contribution is 6.31. The van der Waals surface area contributed by atoms with Gasteiger partial charge in [0.15, 0.2) is 0 Å². The van der Waals surface area contributed by atoms with Gasteiger partial charge in [-0.25, -0.2) is 9.78 Å². The van der Waals surface area contributed by atoms with Gasteiger partial charge in [-0.15, -0.1) is 0 Å². The molecule has 3 rings (SSSR count). The largest absolute Gasteiger partial charge is 0.474 e. The van der Waals surface area contributed by atoms with Gasteiger partial charge in [0.05, 0.1) is 5.69 Å². The molecule has 0 spiro atoms. The Morgan fingerprint density at radius 2 is 1.64 bits per heavy atom. The van der Waals surface area contributed by atoms with Crippen LogP contribution in [0, 0.1) is 5.41 Å². The summed E-state index contributed by atoms with van der Waals surface area (Å²) in [6.45, 7) is 8.99. The van der Waals surface area contributed by atoms with Crippen LogP contribution in [0.5, 0.6) is 0 Å². The van der Waals surface area contributed by atoms with Gasteiger partial charge in [-0.2, -0.15) is 0 Å². The second-order valence-electron chi connectivity index (χ2n) is 9.48. The highest BCUT2D eigenvalue weighted by Gasteiger charge is 2.38. The molecule has 0 aliphatic heterocycles. The summed E-state index contributed by atoms with van der Waals surface area (Å²) in [6, 6.07) is 19.8. The Labute approximate surface area is 195 Å². The van der Waals surface area contributed by atoms with Gasteiger partial charge in [-0.3, -0.25) is 4.79 Å². The first-order chi connectivity index (χ1) is 15.7. The zero-order valence-electron chi connectivity index (χ0n) is 19.8. The smallest absolute Gasteiger partial charge is 0.394 e. The lowest BCUT2D eigenvalue weighted by Gasteiger charge is -2.37.